The summed E-state index contributed by atoms with van der Waals surface area (Å²) in [6.07, 6.45) is 0. The van der Waals surface area contributed by atoms with Crippen LogP contribution in [0.25, 0.3) is 10.2 Å². The van der Waals surface area contributed by atoms with Crippen molar-refractivity contribution in [1.82, 2.24) is 14.5 Å². The smallest absolute Gasteiger partial charge is 0.321 e. The van der Waals surface area contributed by atoms with E-state index in [-0.39, 0.29) is 11.5 Å². The number of amides is 1. The van der Waals surface area contributed by atoms with E-state index in [1.807, 2.05) is 45.9 Å². The maximum absolute atomic E-state index is 13.0. The van der Waals surface area contributed by atoms with E-state index < -0.39 is 5.69 Å². The number of anilines is 1. The number of hydrogen-bond acceptors (Lipinski definition) is 5. The van der Waals surface area contributed by atoms with Crippen LogP contribution in [0, 0.1) is 20.8 Å². The first-order valence-corrected chi connectivity index (χ1v) is 11.0. The molecule has 1 aromatic carbocycles. The van der Waals surface area contributed by atoms with Gasteiger partial charge in [-0.05, 0) is 51.1 Å². The highest BCUT2D eigenvalue weighted by molar-refractivity contribution is 7.20. The van der Waals surface area contributed by atoms with E-state index in [0.29, 0.717) is 33.7 Å². The van der Waals surface area contributed by atoms with Crippen LogP contribution in [0.2, 0.25) is 0 Å². The summed E-state index contributed by atoms with van der Waals surface area (Å²) >= 11 is 1.14. The zero-order valence-electron chi connectivity index (χ0n) is 18.1. The number of benzene rings is 1. The van der Waals surface area contributed by atoms with Gasteiger partial charge in [-0.15, -0.1) is 11.3 Å². The highest BCUT2D eigenvalue weighted by Gasteiger charge is 2.21. The molecule has 3 aromatic rings. The highest BCUT2D eigenvalue weighted by Crippen LogP contribution is 2.27. The summed E-state index contributed by atoms with van der Waals surface area (Å²) in [4.78, 5) is 44.3. The van der Waals surface area contributed by atoms with Gasteiger partial charge in [-0.1, -0.05) is 31.5 Å². The Labute approximate surface area is 179 Å². The first-order chi connectivity index (χ1) is 14.3. The normalized spacial score (nSPS) is 11.4. The molecule has 30 heavy (non-hydrogen) atoms. The average Bonchev–Trinajstić information content (AvgIpc) is 3.03. The van der Waals surface area contributed by atoms with Crippen molar-refractivity contribution < 1.29 is 4.79 Å². The predicted octanol–water partition coefficient (Wildman–Crippen LogP) is 3.27. The van der Waals surface area contributed by atoms with Gasteiger partial charge in [-0.2, -0.15) is 0 Å². The zero-order valence-corrected chi connectivity index (χ0v) is 18.9. The summed E-state index contributed by atoms with van der Waals surface area (Å²) in [6, 6.07) is 5.80. The topological polar surface area (TPSA) is 87.2 Å². The van der Waals surface area contributed by atoms with Crippen molar-refractivity contribution in [3.63, 3.8) is 0 Å². The Morgan fingerprint density at radius 2 is 1.87 bits per heavy atom. The Morgan fingerprint density at radius 3 is 2.50 bits per heavy atom. The van der Waals surface area contributed by atoms with Crippen molar-refractivity contribution in [2.75, 3.05) is 25.0 Å². The van der Waals surface area contributed by atoms with Crippen LogP contribution in [-0.2, 0) is 6.54 Å². The van der Waals surface area contributed by atoms with Crippen LogP contribution in [0.3, 0.4) is 0 Å². The van der Waals surface area contributed by atoms with E-state index >= 15 is 0 Å². The third kappa shape index (κ3) is 4.24. The number of rotatable bonds is 7. The van der Waals surface area contributed by atoms with Crippen molar-refractivity contribution in [1.29, 1.82) is 0 Å². The first-order valence-electron chi connectivity index (χ1n) is 10.1. The number of nitrogens with one attached hydrogen (secondary N) is 2. The lowest BCUT2D eigenvalue weighted by Gasteiger charge is -2.17. The number of carbonyl (C=O) groups is 1. The maximum atomic E-state index is 13.0. The molecule has 0 bridgehead atoms. The number of fused-ring (bicyclic) bond motifs is 1. The van der Waals surface area contributed by atoms with E-state index in [2.05, 4.69) is 15.2 Å². The first kappa shape index (κ1) is 22.0. The lowest BCUT2D eigenvalue weighted by molar-refractivity contribution is 0.103. The van der Waals surface area contributed by atoms with Gasteiger partial charge in [-0.3, -0.25) is 19.1 Å². The van der Waals surface area contributed by atoms with Gasteiger partial charge in [0.15, 0.2) is 0 Å². The minimum atomic E-state index is -0.442. The van der Waals surface area contributed by atoms with E-state index in [0.717, 1.165) is 41.2 Å². The maximum Gasteiger partial charge on any atom is 0.329 e. The summed E-state index contributed by atoms with van der Waals surface area (Å²) in [7, 11) is 0. The largest absolute Gasteiger partial charge is 0.329 e. The van der Waals surface area contributed by atoms with Gasteiger partial charge in [0.05, 0.1) is 10.3 Å². The van der Waals surface area contributed by atoms with Gasteiger partial charge in [0, 0.05) is 18.8 Å². The molecule has 0 aliphatic rings. The monoisotopic (exact) mass is 428 g/mol. The van der Waals surface area contributed by atoms with Gasteiger partial charge in [0.2, 0.25) is 0 Å². The third-order valence-electron chi connectivity index (χ3n) is 5.44. The van der Waals surface area contributed by atoms with Crippen molar-refractivity contribution >= 4 is 33.1 Å². The third-order valence-corrected chi connectivity index (χ3v) is 6.65. The fourth-order valence-electron chi connectivity index (χ4n) is 3.58. The molecule has 0 aliphatic carbocycles. The standard InChI is InChI=1S/C22H28N4O3S/c1-6-25(7-2)10-11-26-21(28)17-15(5)18(30-20(17)24-22(26)29)19(27)23-16-9-8-13(3)12-14(16)4/h8-9,12H,6-7,10-11H2,1-5H3,(H,23,27)(H,24,29). The number of aromatic amines is 1. The van der Waals surface area contributed by atoms with Crippen LogP contribution >= 0.6 is 11.3 Å². The Balaban J connectivity index is 1.97. The molecule has 1 amide bonds. The van der Waals surface area contributed by atoms with E-state index in [4.69, 9.17) is 0 Å². The lowest BCUT2D eigenvalue weighted by Crippen LogP contribution is -2.39. The molecule has 2 aromatic heterocycles. The molecule has 0 spiro atoms. The van der Waals surface area contributed by atoms with Crippen molar-refractivity contribution in [3.8, 4) is 0 Å². The molecular weight excluding hydrogens is 400 g/mol. The van der Waals surface area contributed by atoms with Crippen molar-refractivity contribution in [2.24, 2.45) is 0 Å². The van der Waals surface area contributed by atoms with Crippen LogP contribution in [0.1, 0.15) is 40.2 Å². The summed E-state index contributed by atoms with van der Waals surface area (Å²) in [5, 5.41) is 3.33. The van der Waals surface area contributed by atoms with Gasteiger partial charge in [0.25, 0.3) is 11.5 Å². The molecule has 2 heterocycles. The van der Waals surface area contributed by atoms with Gasteiger partial charge in [-0.25, -0.2) is 4.79 Å². The molecule has 8 heteroatoms. The van der Waals surface area contributed by atoms with Crippen LogP contribution in [0.5, 0.6) is 0 Å². The SMILES string of the molecule is CCN(CC)CCn1c(=O)[nH]c2sc(C(=O)Nc3ccc(C)cc3C)c(C)c2c1=O. The second kappa shape index (κ2) is 8.97. The molecule has 0 saturated carbocycles. The molecule has 0 saturated heterocycles. The Kier molecular flexibility index (Phi) is 6.58. The Bertz CT molecular complexity index is 1200. The van der Waals surface area contributed by atoms with Crippen molar-refractivity contribution in [2.45, 2.75) is 41.2 Å². The average molecular weight is 429 g/mol. The molecule has 7 nitrogen and oxygen atoms in total. The van der Waals surface area contributed by atoms with Crippen LogP contribution in [0.4, 0.5) is 5.69 Å². The van der Waals surface area contributed by atoms with Gasteiger partial charge >= 0.3 is 5.69 Å². The summed E-state index contributed by atoms with van der Waals surface area (Å²) in [5.74, 6) is -0.282. The number of H-pyrrole nitrogens is 1. The number of carbonyl (C=O) groups excluding carboxylic acids is 1. The molecule has 0 aliphatic heterocycles. The van der Waals surface area contributed by atoms with Gasteiger partial charge in [0.1, 0.15) is 4.83 Å². The molecule has 0 atom stereocenters. The zero-order chi connectivity index (χ0) is 22.0. The second-order valence-electron chi connectivity index (χ2n) is 7.45. The number of likely N-dealkylation sites (N-methyl/N-ethyl adjacent to an activating group) is 1. The number of aryl methyl sites for hydroxylation is 3. The fourth-order valence-corrected chi connectivity index (χ4v) is 4.67. The van der Waals surface area contributed by atoms with Crippen LogP contribution < -0.4 is 16.6 Å². The summed E-state index contributed by atoms with van der Waals surface area (Å²) in [5.41, 5.74) is 2.62. The molecule has 3 rings (SSSR count). The van der Waals surface area contributed by atoms with Crippen LogP contribution in [-0.4, -0.2) is 40.0 Å². The lowest BCUT2D eigenvalue weighted by atomic mass is 10.1. The molecule has 2 N–H and O–H groups in total. The Hall–Kier alpha value is -2.71. The Morgan fingerprint density at radius 1 is 1.17 bits per heavy atom. The number of aromatic nitrogens is 2. The number of thiophene rings is 1. The summed E-state index contributed by atoms with van der Waals surface area (Å²) in [6.45, 7) is 12.4. The highest BCUT2D eigenvalue weighted by atomic mass is 32.1. The second-order valence-corrected chi connectivity index (χ2v) is 8.47. The molecule has 160 valence electrons. The minimum absolute atomic E-state index is 0.282. The van der Waals surface area contributed by atoms with E-state index in [1.54, 1.807) is 6.92 Å². The minimum Gasteiger partial charge on any atom is -0.321 e. The quantitative estimate of drug-likeness (QED) is 0.605. The van der Waals surface area contributed by atoms with E-state index in [9.17, 15) is 14.4 Å². The number of hydrogen-bond donors (Lipinski definition) is 2. The fraction of sp³-hybridized carbons (Fsp3) is 0.409. The van der Waals surface area contributed by atoms with Crippen molar-refractivity contribution in [3.05, 3.63) is 60.6 Å². The van der Waals surface area contributed by atoms with E-state index in [1.165, 1.54) is 4.57 Å². The molecule has 0 unspecified atom stereocenters. The molecule has 0 radical (unpaired) electrons. The summed E-state index contributed by atoms with van der Waals surface area (Å²) < 4.78 is 1.23. The predicted molar refractivity (Wildman–Crippen MR) is 123 cm³/mol. The molecular formula is C22H28N4O3S. The van der Waals surface area contributed by atoms with Gasteiger partial charge < -0.3 is 10.2 Å². The number of nitrogens with zero attached hydrogens (tertiary/aromatic N) is 2. The molecule has 0 fully saturated rings. The van der Waals surface area contributed by atoms with Crippen LogP contribution in [0.15, 0.2) is 27.8 Å².